The molecule has 0 saturated carbocycles. The van der Waals surface area contributed by atoms with Gasteiger partial charge in [0.05, 0.1) is 23.4 Å². The highest BCUT2D eigenvalue weighted by atomic mass is 32.2. The van der Waals surface area contributed by atoms with Crippen LogP contribution < -0.4 is 4.31 Å². The van der Waals surface area contributed by atoms with Crippen LogP contribution in [0.15, 0.2) is 54.6 Å². The number of anilines is 1. The molecule has 25 heavy (non-hydrogen) atoms. The Morgan fingerprint density at radius 2 is 1.76 bits per heavy atom. The Morgan fingerprint density at radius 3 is 2.28 bits per heavy atom. The lowest BCUT2D eigenvalue weighted by Gasteiger charge is -2.31. The number of para-hydroxylation sites is 1. The van der Waals surface area contributed by atoms with Crippen molar-refractivity contribution in [2.24, 2.45) is 0 Å². The van der Waals surface area contributed by atoms with Crippen molar-refractivity contribution in [1.29, 1.82) is 0 Å². The van der Waals surface area contributed by atoms with Gasteiger partial charge >= 0.3 is 13.1 Å². The summed E-state index contributed by atoms with van der Waals surface area (Å²) in [5.74, 6) is -2.33. The summed E-state index contributed by atoms with van der Waals surface area (Å²) in [5, 5.41) is 28.6. The Morgan fingerprint density at radius 1 is 1.12 bits per heavy atom. The molecule has 1 atom stereocenters. The molecule has 0 saturated heterocycles. The van der Waals surface area contributed by atoms with Gasteiger partial charge in [-0.15, -0.1) is 0 Å². The minimum absolute atomic E-state index is 0.0364. The van der Waals surface area contributed by atoms with E-state index in [0.717, 1.165) is 10.6 Å². The summed E-state index contributed by atoms with van der Waals surface area (Å²) in [7, 11) is -5.77. The van der Waals surface area contributed by atoms with Gasteiger partial charge in [0.25, 0.3) is 0 Å². The standard InChI is InChI=1S/C16H18BNO6S/c1-25(23,24)18(14-8-3-2-4-9-14)15(17(21)22)11-12-6-5-7-13(10-12)16(19)20/h2-10,15,21-22H,11H2,1H3,(H,19,20)/t15-/m0/s1. The van der Waals surface area contributed by atoms with Gasteiger partial charge in [0.1, 0.15) is 0 Å². The maximum atomic E-state index is 12.3. The van der Waals surface area contributed by atoms with E-state index in [1.165, 1.54) is 18.2 Å². The lowest BCUT2D eigenvalue weighted by Crippen LogP contribution is -2.51. The molecule has 0 aliphatic heterocycles. The Balaban J connectivity index is 2.44. The molecule has 7 nitrogen and oxygen atoms in total. The van der Waals surface area contributed by atoms with Crippen LogP contribution in [0, 0.1) is 0 Å². The van der Waals surface area contributed by atoms with Crippen LogP contribution in [0.25, 0.3) is 0 Å². The molecule has 132 valence electrons. The second-order valence-electron chi connectivity index (χ2n) is 5.58. The molecule has 0 spiro atoms. The third-order valence-corrected chi connectivity index (χ3v) is 4.83. The predicted molar refractivity (Wildman–Crippen MR) is 94.8 cm³/mol. The summed E-state index contributed by atoms with van der Waals surface area (Å²) < 4.78 is 25.4. The van der Waals surface area contributed by atoms with E-state index >= 15 is 0 Å². The number of aromatic carboxylic acids is 1. The van der Waals surface area contributed by atoms with Crippen LogP contribution in [0.5, 0.6) is 0 Å². The zero-order chi connectivity index (χ0) is 18.6. The molecule has 0 fully saturated rings. The third-order valence-electron chi connectivity index (χ3n) is 3.63. The molecule has 2 aromatic carbocycles. The summed E-state index contributed by atoms with van der Waals surface area (Å²) in [6.45, 7) is 0. The second-order valence-corrected chi connectivity index (χ2v) is 7.44. The lowest BCUT2D eigenvalue weighted by molar-refractivity contribution is 0.0696. The highest BCUT2D eigenvalue weighted by molar-refractivity contribution is 7.92. The van der Waals surface area contributed by atoms with Crippen molar-refractivity contribution >= 4 is 28.8 Å². The lowest BCUT2D eigenvalue weighted by atomic mass is 9.75. The van der Waals surface area contributed by atoms with Crippen molar-refractivity contribution in [3.63, 3.8) is 0 Å². The van der Waals surface area contributed by atoms with Crippen LogP contribution in [0.3, 0.4) is 0 Å². The maximum absolute atomic E-state index is 12.3. The summed E-state index contributed by atoms with van der Waals surface area (Å²) in [4.78, 5) is 11.1. The van der Waals surface area contributed by atoms with Gasteiger partial charge in [0, 0.05) is 0 Å². The van der Waals surface area contributed by atoms with Crippen LogP contribution in [0.4, 0.5) is 5.69 Å². The molecule has 0 aliphatic carbocycles. The first-order chi connectivity index (χ1) is 11.7. The van der Waals surface area contributed by atoms with Gasteiger partial charge in [0.15, 0.2) is 0 Å². The van der Waals surface area contributed by atoms with Crippen molar-refractivity contribution in [2.75, 3.05) is 10.6 Å². The Kier molecular flexibility index (Phi) is 5.83. The first-order valence-corrected chi connectivity index (χ1v) is 9.28. The fourth-order valence-corrected chi connectivity index (χ4v) is 3.77. The maximum Gasteiger partial charge on any atom is 0.477 e. The number of carboxylic acids is 1. The monoisotopic (exact) mass is 363 g/mol. The first kappa shape index (κ1) is 19.0. The molecule has 9 heteroatoms. The summed E-state index contributed by atoms with van der Waals surface area (Å²) in [6.07, 6.45) is 0.907. The molecule has 0 unspecified atom stereocenters. The number of benzene rings is 2. The van der Waals surface area contributed by atoms with Crippen LogP contribution in [-0.2, 0) is 16.4 Å². The average molecular weight is 363 g/mol. The summed E-state index contributed by atoms with van der Waals surface area (Å²) in [6, 6.07) is 14.0. The Labute approximate surface area is 146 Å². The second kappa shape index (κ2) is 7.69. The average Bonchev–Trinajstić information content (AvgIpc) is 2.54. The highest BCUT2D eigenvalue weighted by Crippen LogP contribution is 2.23. The number of carboxylic acid groups (broad SMARTS) is 1. The van der Waals surface area contributed by atoms with Gasteiger partial charge in [-0.3, -0.25) is 4.31 Å². The number of hydrogen-bond acceptors (Lipinski definition) is 5. The van der Waals surface area contributed by atoms with Gasteiger partial charge in [-0.05, 0) is 36.2 Å². The van der Waals surface area contributed by atoms with Crippen molar-refractivity contribution in [1.82, 2.24) is 0 Å². The third kappa shape index (κ3) is 4.82. The smallest absolute Gasteiger partial charge is 0.477 e. The Hall–Kier alpha value is -2.36. The molecule has 0 aliphatic rings. The van der Waals surface area contributed by atoms with E-state index in [0.29, 0.717) is 5.56 Å². The molecule has 0 heterocycles. The van der Waals surface area contributed by atoms with E-state index in [1.54, 1.807) is 36.4 Å². The summed E-state index contributed by atoms with van der Waals surface area (Å²) >= 11 is 0. The number of sulfonamides is 1. The van der Waals surface area contributed by atoms with Crippen molar-refractivity contribution in [3.8, 4) is 0 Å². The van der Waals surface area contributed by atoms with Crippen LogP contribution in [-0.4, -0.2) is 48.9 Å². The van der Waals surface area contributed by atoms with Crippen LogP contribution in [0.2, 0.25) is 0 Å². The molecular formula is C16H18BNO6S. The highest BCUT2D eigenvalue weighted by Gasteiger charge is 2.35. The van der Waals surface area contributed by atoms with Gasteiger partial charge < -0.3 is 15.2 Å². The molecule has 3 N–H and O–H groups in total. The van der Waals surface area contributed by atoms with E-state index in [2.05, 4.69) is 0 Å². The molecular weight excluding hydrogens is 345 g/mol. The molecule has 0 amide bonds. The number of rotatable bonds is 7. The largest absolute Gasteiger partial charge is 0.478 e. The first-order valence-electron chi connectivity index (χ1n) is 7.43. The van der Waals surface area contributed by atoms with Crippen LogP contribution in [0.1, 0.15) is 15.9 Å². The minimum atomic E-state index is -3.81. The van der Waals surface area contributed by atoms with E-state index < -0.39 is 29.1 Å². The van der Waals surface area contributed by atoms with E-state index in [4.69, 9.17) is 5.11 Å². The van der Waals surface area contributed by atoms with Crippen LogP contribution >= 0.6 is 0 Å². The van der Waals surface area contributed by atoms with Crippen molar-refractivity contribution < 1.29 is 28.4 Å². The fourth-order valence-electron chi connectivity index (χ4n) is 2.59. The van der Waals surface area contributed by atoms with Gasteiger partial charge in [0.2, 0.25) is 10.0 Å². The van der Waals surface area contributed by atoms with Crippen molar-refractivity contribution in [3.05, 3.63) is 65.7 Å². The van der Waals surface area contributed by atoms with E-state index in [9.17, 15) is 23.3 Å². The number of hydrogen-bond donors (Lipinski definition) is 3. The Bertz CT molecular complexity index is 841. The molecule has 0 radical (unpaired) electrons. The molecule has 0 aromatic heterocycles. The van der Waals surface area contributed by atoms with Crippen molar-refractivity contribution in [2.45, 2.75) is 12.4 Å². The topological polar surface area (TPSA) is 115 Å². The normalized spacial score (nSPS) is 12.4. The van der Waals surface area contributed by atoms with Gasteiger partial charge in [-0.25, -0.2) is 13.2 Å². The zero-order valence-electron chi connectivity index (χ0n) is 13.5. The molecule has 2 aromatic rings. The van der Waals surface area contributed by atoms with E-state index in [-0.39, 0.29) is 17.7 Å². The number of nitrogens with zero attached hydrogens (tertiary/aromatic N) is 1. The summed E-state index contributed by atoms with van der Waals surface area (Å²) in [5.41, 5.74) is 0.800. The molecule has 0 bridgehead atoms. The van der Waals surface area contributed by atoms with Gasteiger partial charge in [-0.1, -0.05) is 30.3 Å². The fraction of sp³-hybridized carbons (Fsp3) is 0.188. The SMILES string of the molecule is CS(=O)(=O)N(c1ccccc1)[C@@H](Cc1cccc(C(=O)O)c1)B(O)O. The van der Waals surface area contributed by atoms with Gasteiger partial charge in [-0.2, -0.15) is 0 Å². The quantitative estimate of drug-likeness (QED) is 0.626. The van der Waals surface area contributed by atoms with E-state index in [1.807, 2.05) is 0 Å². The predicted octanol–water partition coefficient (Wildman–Crippen LogP) is 0.774. The minimum Gasteiger partial charge on any atom is -0.478 e. The number of carbonyl (C=O) groups is 1. The zero-order valence-corrected chi connectivity index (χ0v) is 14.3. The molecule has 2 rings (SSSR count).